The van der Waals surface area contributed by atoms with Gasteiger partial charge >= 0.3 is 0 Å². The standard InChI is InChI=1S/C15H16F2N4O/c16-14(17)10-21-15-12(19-22)6-7-20(13(15)8-18-21)9-11-4-2-1-3-5-11/h1-5,8,14,22H,6-7,9-10H2/b19-12+. The van der Waals surface area contributed by atoms with Crippen molar-refractivity contribution in [3.05, 3.63) is 47.8 Å². The van der Waals surface area contributed by atoms with Crippen molar-refractivity contribution in [3.63, 3.8) is 0 Å². The zero-order valence-corrected chi connectivity index (χ0v) is 11.9. The van der Waals surface area contributed by atoms with Crippen molar-refractivity contribution in [2.45, 2.75) is 25.9 Å². The normalized spacial score (nSPS) is 16.3. The minimum atomic E-state index is -2.51. The summed E-state index contributed by atoms with van der Waals surface area (Å²) in [4.78, 5) is 2.06. The molecular weight excluding hydrogens is 290 g/mol. The summed E-state index contributed by atoms with van der Waals surface area (Å²) >= 11 is 0. The van der Waals surface area contributed by atoms with Gasteiger partial charge in [0, 0.05) is 19.5 Å². The summed E-state index contributed by atoms with van der Waals surface area (Å²) in [5.41, 5.74) is 2.73. The van der Waals surface area contributed by atoms with Crippen molar-refractivity contribution in [2.24, 2.45) is 5.16 Å². The first-order valence-corrected chi connectivity index (χ1v) is 7.03. The number of hydrogen-bond donors (Lipinski definition) is 1. The first kappa shape index (κ1) is 14.5. The minimum absolute atomic E-state index is 0.400. The Morgan fingerprint density at radius 3 is 2.73 bits per heavy atom. The number of oxime groups is 1. The van der Waals surface area contributed by atoms with Crippen LogP contribution in [-0.2, 0) is 13.1 Å². The Hall–Kier alpha value is -2.44. The van der Waals surface area contributed by atoms with Gasteiger partial charge in [-0.15, -0.1) is 0 Å². The van der Waals surface area contributed by atoms with E-state index in [1.54, 1.807) is 6.20 Å². The Morgan fingerprint density at radius 1 is 1.27 bits per heavy atom. The number of anilines is 1. The molecule has 22 heavy (non-hydrogen) atoms. The van der Waals surface area contributed by atoms with E-state index in [1.165, 1.54) is 4.68 Å². The molecule has 1 aromatic heterocycles. The van der Waals surface area contributed by atoms with Crippen molar-refractivity contribution < 1.29 is 14.0 Å². The summed E-state index contributed by atoms with van der Waals surface area (Å²) in [6.45, 7) is 0.808. The van der Waals surface area contributed by atoms with E-state index >= 15 is 0 Å². The Bertz CT molecular complexity index is 669. The second kappa shape index (κ2) is 6.13. The summed E-state index contributed by atoms with van der Waals surface area (Å²) in [5, 5.41) is 16.4. The molecule has 2 aromatic rings. The van der Waals surface area contributed by atoms with Gasteiger partial charge in [-0.3, -0.25) is 4.68 Å². The van der Waals surface area contributed by atoms with Crippen LogP contribution in [0.2, 0.25) is 0 Å². The fourth-order valence-corrected chi connectivity index (χ4v) is 2.72. The lowest BCUT2D eigenvalue weighted by Gasteiger charge is -2.29. The highest BCUT2D eigenvalue weighted by Gasteiger charge is 2.27. The van der Waals surface area contributed by atoms with E-state index in [1.807, 2.05) is 30.3 Å². The number of fused-ring (bicyclic) bond motifs is 1. The lowest BCUT2D eigenvalue weighted by Crippen LogP contribution is -2.33. The maximum Gasteiger partial charge on any atom is 0.257 e. The second-order valence-corrected chi connectivity index (χ2v) is 5.16. The molecule has 0 spiro atoms. The number of aromatic nitrogens is 2. The van der Waals surface area contributed by atoms with Gasteiger partial charge in [-0.25, -0.2) is 8.78 Å². The molecule has 3 rings (SSSR count). The number of nitrogens with zero attached hydrogens (tertiary/aromatic N) is 4. The highest BCUT2D eigenvalue weighted by Crippen LogP contribution is 2.29. The topological polar surface area (TPSA) is 53.7 Å². The number of rotatable bonds is 4. The van der Waals surface area contributed by atoms with Gasteiger partial charge in [-0.05, 0) is 5.56 Å². The number of halogens is 2. The Morgan fingerprint density at radius 2 is 2.05 bits per heavy atom. The van der Waals surface area contributed by atoms with E-state index < -0.39 is 13.0 Å². The van der Waals surface area contributed by atoms with Crippen LogP contribution in [0.1, 0.15) is 17.7 Å². The van der Waals surface area contributed by atoms with Crippen LogP contribution < -0.4 is 4.90 Å². The third kappa shape index (κ3) is 2.79. The maximum atomic E-state index is 12.7. The van der Waals surface area contributed by atoms with Gasteiger partial charge < -0.3 is 10.1 Å². The van der Waals surface area contributed by atoms with Crippen LogP contribution in [0, 0.1) is 0 Å². The van der Waals surface area contributed by atoms with E-state index in [0.29, 0.717) is 30.9 Å². The van der Waals surface area contributed by atoms with Crippen molar-refractivity contribution >= 4 is 11.4 Å². The molecule has 1 aromatic carbocycles. The molecular formula is C15H16F2N4O. The van der Waals surface area contributed by atoms with Crippen LogP contribution in [0.3, 0.4) is 0 Å². The van der Waals surface area contributed by atoms with Gasteiger partial charge in [0.15, 0.2) is 0 Å². The second-order valence-electron chi connectivity index (χ2n) is 5.16. The maximum absolute atomic E-state index is 12.7. The zero-order chi connectivity index (χ0) is 15.5. The highest BCUT2D eigenvalue weighted by atomic mass is 19.3. The minimum Gasteiger partial charge on any atom is -0.411 e. The number of alkyl halides is 2. The lowest BCUT2D eigenvalue weighted by atomic mass is 10.1. The summed E-state index contributed by atoms with van der Waals surface area (Å²) in [5.74, 6) is 0. The summed E-state index contributed by atoms with van der Waals surface area (Å²) in [7, 11) is 0. The van der Waals surface area contributed by atoms with Crippen LogP contribution in [0.15, 0.2) is 41.7 Å². The molecule has 1 N–H and O–H groups in total. The predicted octanol–water partition coefficient (Wildman–Crippen LogP) is 2.74. The van der Waals surface area contributed by atoms with E-state index in [2.05, 4.69) is 15.2 Å². The molecule has 0 aliphatic carbocycles. The fraction of sp³-hybridized carbons (Fsp3) is 0.333. The average Bonchev–Trinajstić information content (AvgIpc) is 2.92. The van der Waals surface area contributed by atoms with E-state index in [-0.39, 0.29) is 0 Å². The smallest absolute Gasteiger partial charge is 0.257 e. The quantitative estimate of drug-likeness (QED) is 0.698. The van der Waals surface area contributed by atoms with E-state index in [9.17, 15) is 8.78 Å². The third-order valence-electron chi connectivity index (χ3n) is 3.70. The van der Waals surface area contributed by atoms with Gasteiger partial charge in [0.25, 0.3) is 6.43 Å². The molecule has 5 nitrogen and oxygen atoms in total. The average molecular weight is 306 g/mol. The van der Waals surface area contributed by atoms with Gasteiger partial charge in [0.2, 0.25) is 0 Å². The predicted molar refractivity (Wildman–Crippen MR) is 78.7 cm³/mol. The van der Waals surface area contributed by atoms with Crippen molar-refractivity contribution in [1.82, 2.24) is 9.78 Å². The monoisotopic (exact) mass is 306 g/mol. The Balaban J connectivity index is 1.92. The van der Waals surface area contributed by atoms with Crippen LogP contribution >= 0.6 is 0 Å². The van der Waals surface area contributed by atoms with Crippen LogP contribution in [0.4, 0.5) is 14.5 Å². The molecule has 7 heteroatoms. The van der Waals surface area contributed by atoms with Crippen molar-refractivity contribution in [2.75, 3.05) is 11.4 Å². The Kier molecular flexibility index (Phi) is 4.04. The van der Waals surface area contributed by atoms with Crippen LogP contribution in [0.5, 0.6) is 0 Å². The molecule has 1 aliphatic heterocycles. The summed E-state index contributed by atoms with van der Waals surface area (Å²) in [6, 6.07) is 9.89. The van der Waals surface area contributed by atoms with Crippen molar-refractivity contribution in [3.8, 4) is 0 Å². The molecule has 0 saturated heterocycles. The Labute approximate surface area is 126 Å². The first-order chi connectivity index (χ1) is 10.7. The van der Waals surface area contributed by atoms with Gasteiger partial charge in [0.05, 0.1) is 11.9 Å². The molecule has 0 radical (unpaired) electrons. The highest BCUT2D eigenvalue weighted by molar-refractivity contribution is 6.05. The third-order valence-corrected chi connectivity index (χ3v) is 3.70. The fourth-order valence-electron chi connectivity index (χ4n) is 2.72. The molecule has 0 saturated carbocycles. The lowest BCUT2D eigenvalue weighted by molar-refractivity contribution is 0.121. The first-order valence-electron chi connectivity index (χ1n) is 7.03. The number of hydrogen-bond acceptors (Lipinski definition) is 4. The molecule has 0 amide bonds. The molecule has 116 valence electrons. The van der Waals surface area contributed by atoms with Crippen LogP contribution in [-0.4, -0.2) is 33.7 Å². The largest absolute Gasteiger partial charge is 0.411 e. The zero-order valence-electron chi connectivity index (χ0n) is 11.9. The van der Waals surface area contributed by atoms with E-state index in [0.717, 1.165) is 11.3 Å². The molecule has 2 heterocycles. The van der Waals surface area contributed by atoms with E-state index in [4.69, 9.17) is 5.21 Å². The SMILES string of the molecule is O/N=C1\CCN(Cc2ccccc2)c2cnn(CC(F)F)c21. The molecule has 1 aliphatic rings. The molecule has 0 fully saturated rings. The molecule has 0 bridgehead atoms. The van der Waals surface area contributed by atoms with Gasteiger partial charge in [0.1, 0.15) is 18.0 Å². The van der Waals surface area contributed by atoms with Gasteiger partial charge in [-0.2, -0.15) is 5.10 Å². The van der Waals surface area contributed by atoms with Gasteiger partial charge in [-0.1, -0.05) is 35.5 Å². The van der Waals surface area contributed by atoms with Crippen molar-refractivity contribution in [1.29, 1.82) is 0 Å². The molecule has 0 unspecified atom stereocenters. The summed E-state index contributed by atoms with van der Waals surface area (Å²) < 4.78 is 26.5. The number of benzene rings is 1. The molecule has 0 atom stereocenters. The van der Waals surface area contributed by atoms with Crippen LogP contribution in [0.25, 0.3) is 0 Å². The summed E-state index contributed by atoms with van der Waals surface area (Å²) in [6.07, 6.45) is -0.454.